The van der Waals surface area contributed by atoms with Crippen molar-refractivity contribution in [3.05, 3.63) is 0 Å². The van der Waals surface area contributed by atoms with Crippen LogP contribution in [0.1, 0.15) is 71.1 Å². The maximum Gasteiger partial charge on any atom is -0.00144 e. The van der Waals surface area contributed by atoms with E-state index in [0.717, 1.165) is 6.54 Å². The molecule has 0 aliphatic carbocycles. The molecule has 0 heterocycles. The SMILES string of the molecule is CCCCCCCCCCCCNP. The average molecular weight is 217 g/mol. The molecule has 1 N–H and O–H groups in total. The standard InChI is InChI=1S/C12H28NP/c1-2-3-4-5-6-7-8-9-10-11-12-13-14/h13H,2-12,14H2,1H3. The molecule has 0 saturated carbocycles. The van der Waals surface area contributed by atoms with Crippen LogP contribution in [0, 0.1) is 0 Å². The molecule has 0 saturated heterocycles. The molecule has 0 aliphatic heterocycles. The fourth-order valence-corrected chi connectivity index (χ4v) is 1.92. The van der Waals surface area contributed by atoms with Crippen LogP contribution >= 0.6 is 9.39 Å². The number of hydrogen-bond acceptors (Lipinski definition) is 1. The van der Waals surface area contributed by atoms with Crippen LogP contribution in [0.3, 0.4) is 0 Å². The van der Waals surface area contributed by atoms with Crippen LogP contribution < -0.4 is 5.09 Å². The number of hydrogen-bond donors (Lipinski definition) is 1. The Hall–Kier alpha value is 0.390. The Bertz CT molecular complexity index is 84.3. The van der Waals surface area contributed by atoms with Crippen LogP contribution in [-0.2, 0) is 0 Å². The lowest BCUT2D eigenvalue weighted by atomic mass is 10.1. The van der Waals surface area contributed by atoms with E-state index in [2.05, 4.69) is 21.4 Å². The number of unbranched alkanes of at least 4 members (excludes halogenated alkanes) is 9. The summed E-state index contributed by atoms with van der Waals surface area (Å²) >= 11 is 0. The second-order valence-corrected chi connectivity index (χ2v) is 4.54. The topological polar surface area (TPSA) is 12.0 Å². The Morgan fingerprint density at radius 1 is 0.714 bits per heavy atom. The molecule has 0 radical (unpaired) electrons. The van der Waals surface area contributed by atoms with E-state index in [1.807, 2.05) is 0 Å². The summed E-state index contributed by atoms with van der Waals surface area (Å²) in [6.45, 7) is 3.43. The van der Waals surface area contributed by atoms with E-state index in [-0.39, 0.29) is 0 Å². The molecular formula is C12H28NP. The van der Waals surface area contributed by atoms with Gasteiger partial charge in [-0.05, 0) is 13.0 Å². The highest BCUT2D eigenvalue weighted by atomic mass is 31.0. The third kappa shape index (κ3) is 12.4. The Morgan fingerprint density at radius 2 is 1.14 bits per heavy atom. The maximum atomic E-state index is 3.11. The van der Waals surface area contributed by atoms with Crippen LogP contribution in [0.25, 0.3) is 0 Å². The molecule has 0 aromatic heterocycles. The van der Waals surface area contributed by atoms with Gasteiger partial charge >= 0.3 is 0 Å². The summed E-state index contributed by atoms with van der Waals surface area (Å²) < 4.78 is 0. The van der Waals surface area contributed by atoms with E-state index in [0.29, 0.717) is 0 Å². The van der Waals surface area contributed by atoms with Crippen molar-refractivity contribution >= 4 is 9.39 Å². The largest absolute Gasteiger partial charge is 0.301 e. The van der Waals surface area contributed by atoms with Crippen molar-refractivity contribution in [2.24, 2.45) is 0 Å². The molecular weight excluding hydrogens is 189 g/mol. The summed E-state index contributed by atoms with van der Waals surface area (Å²) in [4.78, 5) is 0. The van der Waals surface area contributed by atoms with Gasteiger partial charge in [-0.2, -0.15) is 0 Å². The third-order valence-electron chi connectivity index (χ3n) is 2.67. The molecule has 0 amide bonds. The molecule has 0 aromatic carbocycles. The summed E-state index contributed by atoms with van der Waals surface area (Å²) in [6.07, 6.45) is 14.2. The van der Waals surface area contributed by atoms with Gasteiger partial charge in [-0.3, -0.25) is 0 Å². The average Bonchev–Trinajstić information content (AvgIpc) is 2.21. The fourth-order valence-electron chi connectivity index (χ4n) is 1.71. The number of nitrogens with one attached hydrogen (secondary N) is 1. The molecule has 14 heavy (non-hydrogen) atoms. The van der Waals surface area contributed by atoms with Crippen LogP contribution in [0.2, 0.25) is 0 Å². The Balaban J connectivity index is 2.78. The van der Waals surface area contributed by atoms with Crippen LogP contribution in [0.4, 0.5) is 0 Å². The molecule has 86 valence electrons. The highest BCUT2D eigenvalue weighted by Gasteiger charge is 1.91. The lowest BCUT2D eigenvalue weighted by Gasteiger charge is -2.01. The van der Waals surface area contributed by atoms with Crippen molar-refractivity contribution in [3.8, 4) is 0 Å². The highest BCUT2D eigenvalue weighted by molar-refractivity contribution is 7.13. The smallest absolute Gasteiger partial charge is 0.00144 e. The van der Waals surface area contributed by atoms with Gasteiger partial charge in [0, 0.05) is 0 Å². The van der Waals surface area contributed by atoms with Crippen molar-refractivity contribution in [1.82, 2.24) is 5.09 Å². The highest BCUT2D eigenvalue weighted by Crippen LogP contribution is 2.10. The first kappa shape index (κ1) is 14.4. The normalized spacial score (nSPS) is 10.7. The number of rotatable bonds is 11. The van der Waals surface area contributed by atoms with E-state index in [1.54, 1.807) is 0 Å². The Kier molecular flexibility index (Phi) is 13.8. The third-order valence-corrected chi connectivity index (χ3v) is 2.96. The first-order valence-electron chi connectivity index (χ1n) is 6.35. The summed E-state index contributed by atoms with van der Waals surface area (Å²) in [5.74, 6) is 0. The van der Waals surface area contributed by atoms with Gasteiger partial charge in [0.1, 0.15) is 0 Å². The summed E-state index contributed by atoms with van der Waals surface area (Å²) in [7, 11) is 2.56. The quantitative estimate of drug-likeness (QED) is 0.402. The van der Waals surface area contributed by atoms with E-state index in [4.69, 9.17) is 0 Å². The molecule has 0 fully saturated rings. The Labute approximate surface area is 92.7 Å². The van der Waals surface area contributed by atoms with E-state index >= 15 is 0 Å². The second-order valence-electron chi connectivity index (χ2n) is 4.14. The van der Waals surface area contributed by atoms with Gasteiger partial charge in [0.15, 0.2) is 0 Å². The molecule has 0 bridgehead atoms. The van der Waals surface area contributed by atoms with Gasteiger partial charge in [0.2, 0.25) is 0 Å². The predicted octanol–water partition coefficient (Wildman–Crippen LogP) is 4.29. The summed E-state index contributed by atoms with van der Waals surface area (Å²) in [5.41, 5.74) is 0. The minimum absolute atomic E-state index is 1.15. The molecule has 0 rings (SSSR count). The van der Waals surface area contributed by atoms with Crippen LogP contribution in [0.15, 0.2) is 0 Å². The van der Waals surface area contributed by atoms with Crippen molar-refractivity contribution in [2.75, 3.05) is 6.54 Å². The predicted molar refractivity (Wildman–Crippen MR) is 69.6 cm³/mol. The minimum atomic E-state index is 1.15. The van der Waals surface area contributed by atoms with Gasteiger partial charge in [-0.25, -0.2) is 0 Å². The van der Waals surface area contributed by atoms with E-state index in [9.17, 15) is 0 Å². The van der Waals surface area contributed by atoms with Crippen molar-refractivity contribution in [1.29, 1.82) is 0 Å². The first-order chi connectivity index (χ1) is 6.91. The molecule has 0 aliphatic rings. The lowest BCUT2D eigenvalue weighted by molar-refractivity contribution is 0.556. The van der Waals surface area contributed by atoms with Crippen molar-refractivity contribution in [3.63, 3.8) is 0 Å². The fraction of sp³-hybridized carbons (Fsp3) is 1.00. The maximum absolute atomic E-state index is 3.11. The van der Waals surface area contributed by atoms with E-state index in [1.165, 1.54) is 64.2 Å². The van der Waals surface area contributed by atoms with E-state index < -0.39 is 0 Å². The summed E-state index contributed by atoms with van der Waals surface area (Å²) in [6, 6.07) is 0. The van der Waals surface area contributed by atoms with Crippen LogP contribution in [0.5, 0.6) is 0 Å². The lowest BCUT2D eigenvalue weighted by Crippen LogP contribution is -1.98. The zero-order valence-corrected chi connectivity index (χ0v) is 11.0. The molecule has 0 spiro atoms. The van der Waals surface area contributed by atoms with Gasteiger partial charge in [0.05, 0.1) is 0 Å². The van der Waals surface area contributed by atoms with Crippen LogP contribution in [-0.4, -0.2) is 6.54 Å². The van der Waals surface area contributed by atoms with Crippen molar-refractivity contribution < 1.29 is 0 Å². The van der Waals surface area contributed by atoms with Crippen molar-refractivity contribution in [2.45, 2.75) is 71.1 Å². The molecule has 1 nitrogen and oxygen atoms in total. The second kappa shape index (κ2) is 13.4. The Morgan fingerprint density at radius 3 is 1.57 bits per heavy atom. The summed E-state index contributed by atoms with van der Waals surface area (Å²) in [5, 5.41) is 3.11. The first-order valence-corrected chi connectivity index (χ1v) is 6.93. The molecule has 1 unspecified atom stereocenters. The minimum Gasteiger partial charge on any atom is -0.301 e. The van der Waals surface area contributed by atoms with Gasteiger partial charge in [-0.15, -0.1) is 0 Å². The van der Waals surface area contributed by atoms with Gasteiger partial charge < -0.3 is 5.09 Å². The zero-order valence-electron chi connectivity index (χ0n) is 9.86. The monoisotopic (exact) mass is 217 g/mol. The molecule has 0 aromatic rings. The zero-order chi connectivity index (χ0) is 10.5. The van der Waals surface area contributed by atoms with Gasteiger partial charge in [0.25, 0.3) is 0 Å². The molecule has 2 heteroatoms. The molecule has 1 atom stereocenters. The van der Waals surface area contributed by atoms with Gasteiger partial charge in [-0.1, -0.05) is 74.1 Å².